The van der Waals surface area contributed by atoms with Crippen LogP contribution in [-0.2, 0) is 15.4 Å². The first-order chi connectivity index (χ1) is 12.1. The molecule has 2 fully saturated rings. The van der Waals surface area contributed by atoms with Crippen molar-refractivity contribution in [3.63, 3.8) is 0 Å². The molecule has 0 aromatic heterocycles. The number of benzene rings is 1. The highest BCUT2D eigenvalue weighted by atomic mass is 127. The summed E-state index contributed by atoms with van der Waals surface area (Å²) in [6.07, 6.45) is 4.37. The Hall–Kier alpha value is -0.870. The standard InChI is InChI=1S/C18H28N4O2S.HI/c1-19-17(20-11-13-22-12-6-14-25(22,23)24)21-15-18(9-5-10-18)16-7-3-2-4-8-16;/h2-4,7-8H,5-6,9-15H2,1H3,(H2,19,20,21);1H. The van der Waals surface area contributed by atoms with E-state index in [-0.39, 0.29) is 35.1 Å². The van der Waals surface area contributed by atoms with Crippen LogP contribution in [0.15, 0.2) is 35.3 Å². The quantitative estimate of drug-likeness (QED) is 0.362. The first-order valence-electron chi connectivity index (χ1n) is 9.04. The first kappa shape index (κ1) is 21.4. The summed E-state index contributed by atoms with van der Waals surface area (Å²) in [6, 6.07) is 10.7. The third-order valence-electron chi connectivity index (χ3n) is 5.37. The van der Waals surface area contributed by atoms with Gasteiger partial charge in [-0.1, -0.05) is 36.8 Å². The highest BCUT2D eigenvalue weighted by Crippen LogP contribution is 2.43. The number of aliphatic imine (C=N–C) groups is 1. The second-order valence-corrected chi connectivity index (χ2v) is 9.01. The lowest BCUT2D eigenvalue weighted by molar-refractivity contribution is 0.244. The van der Waals surface area contributed by atoms with Crippen molar-refractivity contribution in [2.24, 2.45) is 4.99 Å². The van der Waals surface area contributed by atoms with Gasteiger partial charge in [-0.05, 0) is 24.8 Å². The average Bonchev–Trinajstić information content (AvgIpc) is 2.91. The molecule has 8 heteroatoms. The molecule has 26 heavy (non-hydrogen) atoms. The van der Waals surface area contributed by atoms with Crippen molar-refractivity contribution in [3.8, 4) is 0 Å². The number of hydrogen-bond donors (Lipinski definition) is 2. The van der Waals surface area contributed by atoms with Gasteiger partial charge >= 0.3 is 0 Å². The zero-order chi connectivity index (χ0) is 17.8. The Morgan fingerprint density at radius 2 is 1.92 bits per heavy atom. The fraction of sp³-hybridized carbons (Fsp3) is 0.611. The number of rotatable bonds is 6. The zero-order valence-electron chi connectivity index (χ0n) is 15.3. The second-order valence-electron chi connectivity index (χ2n) is 6.92. The molecule has 1 aliphatic heterocycles. The van der Waals surface area contributed by atoms with E-state index in [1.807, 2.05) is 0 Å². The van der Waals surface area contributed by atoms with E-state index in [0.717, 1.165) is 18.9 Å². The third kappa shape index (κ3) is 4.89. The fourth-order valence-electron chi connectivity index (χ4n) is 3.68. The molecule has 0 radical (unpaired) electrons. The minimum Gasteiger partial charge on any atom is -0.356 e. The van der Waals surface area contributed by atoms with Gasteiger partial charge in [0.05, 0.1) is 5.75 Å². The minimum atomic E-state index is -3.03. The van der Waals surface area contributed by atoms with Gasteiger partial charge in [0.1, 0.15) is 0 Å². The van der Waals surface area contributed by atoms with E-state index in [2.05, 4.69) is 46.0 Å². The van der Waals surface area contributed by atoms with E-state index in [1.54, 1.807) is 11.4 Å². The molecule has 1 saturated carbocycles. The van der Waals surface area contributed by atoms with E-state index < -0.39 is 10.0 Å². The van der Waals surface area contributed by atoms with Crippen LogP contribution in [0.25, 0.3) is 0 Å². The van der Waals surface area contributed by atoms with Crippen LogP contribution in [0.4, 0.5) is 0 Å². The van der Waals surface area contributed by atoms with E-state index in [0.29, 0.717) is 19.6 Å². The maximum absolute atomic E-state index is 11.8. The van der Waals surface area contributed by atoms with Crippen molar-refractivity contribution in [2.75, 3.05) is 39.0 Å². The molecule has 1 saturated heterocycles. The smallest absolute Gasteiger partial charge is 0.214 e. The van der Waals surface area contributed by atoms with Gasteiger partial charge in [0, 0.05) is 38.6 Å². The molecule has 3 rings (SSSR count). The number of sulfonamides is 1. The Bertz CT molecular complexity index is 705. The van der Waals surface area contributed by atoms with Crippen LogP contribution in [0, 0.1) is 0 Å². The van der Waals surface area contributed by atoms with E-state index >= 15 is 0 Å². The highest BCUT2D eigenvalue weighted by molar-refractivity contribution is 14.0. The Morgan fingerprint density at radius 3 is 2.46 bits per heavy atom. The van der Waals surface area contributed by atoms with Gasteiger partial charge in [-0.3, -0.25) is 4.99 Å². The lowest BCUT2D eigenvalue weighted by atomic mass is 9.64. The monoisotopic (exact) mass is 492 g/mol. The zero-order valence-corrected chi connectivity index (χ0v) is 18.4. The minimum absolute atomic E-state index is 0. The van der Waals surface area contributed by atoms with Gasteiger partial charge in [-0.2, -0.15) is 0 Å². The molecular formula is C18H29IN4O2S. The predicted molar refractivity (Wildman–Crippen MR) is 117 cm³/mol. The van der Waals surface area contributed by atoms with Crippen molar-refractivity contribution in [3.05, 3.63) is 35.9 Å². The summed E-state index contributed by atoms with van der Waals surface area (Å²) in [4.78, 5) is 4.27. The van der Waals surface area contributed by atoms with E-state index in [4.69, 9.17) is 0 Å². The van der Waals surface area contributed by atoms with Crippen LogP contribution in [0.2, 0.25) is 0 Å². The Labute approximate surface area is 173 Å². The summed E-state index contributed by atoms with van der Waals surface area (Å²) < 4.78 is 25.2. The molecule has 0 amide bonds. The molecule has 6 nitrogen and oxygen atoms in total. The molecule has 1 heterocycles. The van der Waals surface area contributed by atoms with Gasteiger partial charge in [-0.25, -0.2) is 12.7 Å². The molecule has 0 unspecified atom stereocenters. The summed E-state index contributed by atoms with van der Waals surface area (Å²) in [5, 5.41) is 6.67. The summed E-state index contributed by atoms with van der Waals surface area (Å²) in [5.74, 6) is 1.01. The van der Waals surface area contributed by atoms with Crippen LogP contribution in [0.1, 0.15) is 31.2 Å². The number of nitrogens with one attached hydrogen (secondary N) is 2. The van der Waals surface area contributed by atoms with Crippen LogP contribution in [0.5, 0.6) is 0 Å². The van der Waals surface area contributed by atoms with Crippen LogP contribution in [-0.4, -0.2) is 57.7 Å². The number of hydrogen-bond acceptors (Lipinski definition) is 3. The molecule has 2 aliphatic rings. The molecule has 0 atom stereocenters. The van der Waals surface area contributed by atoms with Crippen molar-refractivity contribution in [1.82, 2.24) is 14.9 Å². The average molecular weight is 492 g/mol. The molecule has 146 valence electrons. The molecule has 0 bridgehead atoms. The lowest BCUT2D eigenvalue weighted by Crippen LogP contribution is -2.49. The summed E-state index contributed by atoms with van der Waals surface area (Å²) in [7, 11) is -1.28. The Balaban J connectivity index is 0.00000243. The van der Waals surface area contributed by atoms with Crippen molar-refractivity contribution < 1.29 is 8.42 Å². The Morgan fingerprint density at radius 1 is 1.19 bits per heavy atom. The van der Waals surface area contributed by atoms with Crippen LogP contribution in [0.3, 0.4) is 0 Å². The molecule has 1 aromatic rings. The molecular weight excluding hydrogens is 463 g/mol. The van der Waals surface area contributed by atoms with Gasteiger partial charge < -0.3 is 10.6 Å². The summed E-state index contributed by atoms with van der Waals surface area (Å²) >= 11 is 0. The predicted octanol–water partition coefficient (Wildman–Crippen LogP) is 1.93. The maximum Gasteiger partial charge on any atom is 0.214 e. The van der Waals surface area contributed by atoms with Gasteiger partial charge in [0.25, 0.3) is 0 Å². The van der Waals surface area contributed by atoms with Gasteiger partial charge in [0.15, 0.2) is 5.96 Å². The molecule has 0 spiro atoms. The van der Waals surface area contributed by atoms with Gasteiger partial charge in [0.2, 0.25) is 10.0 Å². The van der Waals surface area contributed by atoms with Crippen molar-refractivity contribution >= 4 is 40.0 Å². The van der Waals surface area contributed by atoms with Gasteiger partial charge in [-0.15, -0.1) is 24.0 Å². The SMILES string of the molecule is CN=C(NCCN1CCCS1(=O)=O)NCC1(c2ccccc2)CCC1.I. The topological polar surface area (TPSA) is 73.8 Å². The fourth-order valence-corrected chi connectivity index (χ4v) is 5.21. The van der Waals surface area contributed by atoms with Crippen LogP contribution < -0.4 is 10.6 Å². The lowest BCUT2D eigenvalue weighted by Gasteiger charge is -2.43. The normalized spacial score (nSPS) is 21.5. The summed E-state index contributed by atoms with van der Waals surface area (Å²) in [6.45, 7) is 2.54. The number of halogens is 1. The largest absolute Gasteiger partial charge is 0.356 e. The van der Waals surface area contributed by atoms with Crippen molar-refractivity contribution in [2.45, 2.75) is 31.1 Å². The Kier molecular flexibility index (Phi) is 7.72. The second kappa shape index (κ2) is 9.36. The molecule has 2 N–H and O–H groups in total. The van der Waals surface area contributed by atoms with Crippen molar-refractivity contribution in [1.29, 1.82) is 0 Å². The first-order valence-corrected chi connectivity index (χ1v) is 10.6. The third-order valence-corrected chi connectivity index (χ3v) is 7.33. The van der Waals surface area contributed by atoms with E-state index in [1.165, 1.54) is 24.8 Å². The number of nitrogens with zero attached hydrogens (tertiary/aromatic N) is 2. The van der Waals surface area contributed by atoms with E-state index in [9.17, 15) is 8.42 Å². The maximum atomic E-state index is 11.8. The molecule has 1 aliphatic carbocycles. The number of guanidine groups is 1. The molecule has 1 aromatic carbocycles. The van der Waals surface area contributed by atoms with Crippen LogP contribution >= 0.6 is 24.0 Å². The summed E-state index contributed by atoms with van der Waals surface area (Å²) in [5.41, 5.74) is 1.57. The highest BCUT2D eigenvalue weighted by Gasteiger charge is 2.38.